The molecule has 7 nitrogen and oxygen atoms in total. The van der Waals surface area contributed by atoms with Crippen molar-refractivity contribution < 1.29 is 33.7 Å². The lowest BCUT2D eigenvalue weighted by Gasteiger charge is -2.22. The van der Waals surface area contributed by atoms with Gasteiger partial charge in [-0.25, -0.2) is 9.59 Å². The van der Waals surface area contributed by atoms with Crippen molar-refractivity contribution in [2.45, 2.75) is 146 Å². The molecule has 0 spiro atoms. The maximum absolute atomic E-state index is 13.1. The van der Waals surface area contributed by atoms with Crippen LogP contribution in [-0.2, 0) is 28.6 Å². The number of hydrogen-bond donors (Lipinski definition) is 1. The molecule has 0 aromatic carbocycles. The Morgan fingerprint density at radius 2 is 1.31 bits per heavy atom. The van der Waals surface area contributed by atoms with Crippen molar-refractivity contribution in [3.63, 3.8) is 0 Å². The van der Waals surface area contributed by atoms with Crippen LogP contribution in [0.3, 0.4) is 0 Å². The Morgan fingerprint density at radius 1 is 0.786 bits per heavy atom. The van der Waals surface area contributed by atoms with E-state index in [-0.39, 0.29) is 19.4 Å². The zero-order valence-corrected chi connectivity index (χ0v) is 29.0. The summed E-state index contributed by atoms with van der Waals surface area (Å²) in [5, 5.41) is 10.0. The zero-order chi connectivity index (χ0) is 32.8. The molecular weight excluding hydrogens is 532 g/mol. The average Bonchev–Trinajstić information content (AvgIpc) is 2.80. The third-order valence-corrected chi connectivity index (χ3v) is 6.93. The van der Waals surface area contributed by atoms with Crippen molar-refractivity contribution in [3.8, 4) is 0 Å². The summed E-state index contributed by atoms with van der Waals surface area (Å²) in [4.78, 5) is 37.8. The standard InChI is InChI=1S/C35H62O7/c1-14-23(2)17-24(3)18-25(4)19-26(5)20-27(6)21-29(32(38)41-34(8,9)10)22-28(7)31(37)40-16-15-30(36)33(39)42-35(11,12)13/h20-21,23-26,28,30,36H,14-19,22H2,1-13H3/b27-20+,29-21-/t23?,24?,25?,26?,28?,30-/m0/s1. The fraction of sp³-hybridized carbons (Fsp3) is 0.800. The van der Waals surface area contributed by atoms with Crippen molar-refractivity contribution in [1.29, 1.82) is 0 Å². The highest BCUT2D eigenvalue weighted by Gasteiger charge is 2.26. The lowest BCUT2D eigenvalue weighted by Crippen LogP contribution is -2.32. The Labute approximate surface area is 256 Å². The first kappa shape index (κ1) is 39.8. The zero-order valence-electron chi connectivity index (χ0n) is 29.0. The van der Waals surface area contributed by atoms with E-state index in [0.717, 1.165) is 17.9 Å². The van der Waals surface area contributed by atoms with Crippen molar-refractivity contribution in [2.75, 3.05) is 6.61 Å². The van der Waals surface area contributed by atoms with E-state index in [1.165, 1.54) is 19.3 Å². The largest absolute Gasteiger partial charge is 0.465 e. The van der Waals surface area contributed by atoms with Gasteiger partial charge >= 0.3 is 17.9 Å². The summed E-state index contributed by atoms with van der Waals surface area (Å²) in [5.41, 5.74) is -0.0463. The summed E-state index contributed by atoms with van der Waals surface area (Å²) in [6, 6.07) is 0. The SMILES string of the molecule is CCC(C)CC(C)CC(C)CC(C)/C=C(C)/C=C(/CC(C)C(=O)OCC[C@H](O)C(=O)OC(C)(C)C)C(=O)OC(C)(C)C. The smallest absolute Gasteiger partial charge is 0.335 e. The van der Waals surface area contributed by atoms with E-state index in [1.54, 1.807) is 27.7 Å². The van der Waals surface area contributed by atoms with E-state index >= 15 is 0 Å². The summed E-state index contributed by atoms with van der Waals surface area (Å²) >= 11 is 0. The van der Waals surface area contributed by atoms with Gasteiger partial charge in [-0.15, -0.1) is 0 Å². The van der Waals surface area contributed by atoms with Gasteiger partial charge in [-0.05, 0) is 104 Å². The molecule has 0 fully saturated rings. The first-order valence-corrected chi connectivity index (χ1v) is 15.8. The van der Waals surface area contributed by atoms with E-state index < -0.39 is 41.1 Å². The normalized spacial score (nSPS) is 17.5. The van der Waals surface area contributed by atoms with E-state index in [9.17, 15) is 19.5 Å². The highest BCUT2D eigenvalue weighted by atomic mass is 16.6. The van der Waals surface area contributed by atoms with Crippen LogP contribution in [0.5, 0.6) is 0 Å². The number of carbonyl (C=O) groups is 3. The van der Waals surface area contributed by atoms with Gasteiger partial charge in [0.05, 0.1) is 12.5 Å². The molecule has 0 aliphatic rings. The molecule has 244 valence electrons. The fourth-order valence-electron chi connectivity index (χ4n) is 5.07. The van der Waals surface area contributed by atoms with Gasteiger partial charge in [-0.2, -0.15) is 0 Å². The van der Waals surface area contributed by atoms with Crippen molar-refractivity contribution in [1.82, 2.24) is 0 Å². The monoisotopic (exact) mass is 594 g/mol. The van der Waals surface area contributed by atoms with Gasteiger partial charge in [0.1, 0.15) is 11.2 Å². The molecular formula is C35H62O7. The molecule has 0 saturated heterocycles. The van der Waals surface area contributed by atoms with Crippen molar-refractivity contribution >= 4 is 17.9 Å². The lowest BCUT2D eigenvalue weighted by molar-refractivity contribution is -0.167. The number of aliphatic hydroxyl groups is 1. The van der Waals surface area contributed by atoms with E-state index in [0.29, 0.717) is 23.3 Å². The van der Waals surface area contributed by atoms with Crippen LogP contribution in [0.2, 0.25) is 0 Å². The van der Waals surface area contributed by atoms with Crippen LogP contribution in [-0.4, -0.2) is 46.9 Å². The molecule has 42 heavy (non-hydrogen) atoms. The number of aliphatic hydroxyl groups excluding tert-OH is 1. The van der Waals surface area contributed by atoms with Crippen molar-refractivity contribution in [3.05, 3.63) is 23.3 Å². The van der Waals surface area contributed by atoms with Crippen LogP contribution in [0.4, 0.5) is 0 Å². The number of hydrogen-bond acceptors (Lipinski definition) is 7. The Morgan fingerprint density at radius 3 is 1.83 bits per heavy atom. The van der Waals surface area contributed by atoms with Crippen LogP contribution in [0, 0.1) is 29.6 Å². The van der Waals surface area contributed by atoms with Gasteiger partial charge in [0.15, 0.2) is 6.10 Å². The molecule has 0 bridgehead atoms. The molecule has 0 aliphatic heterocycles. The minimum absolute atomic E-state index is 0.0727. The molecule has 5 unspecified atom stereocenters. The topological polar surface area (TPSA) is 99.1 Å². The lowest BCUT2D eigenvalue weighted by atomic mass is 9.84. The van der Waals surface area contributed by atoms with Gasteiger partial charge in [0.25, 0.3) is 0 Å². The van der Waals surface area contributed by atoms with Crippen LogP contribution < -0.4 is 0 Å². The second-order valence-corrected chi connectivity index (χ2v) is 14.6. The van der Waals surface area contributed by atoms with E-state index in [2.05, 4.69) is 40.7 Å². The van der Waals surface area contributed by atoms with Gasteiger partial charge in [-0.3, -0.25) is 4.79 Å². The maximum Gasteiger partial charge on any atom is 0.335 e. The average molecular weight is 595 g/mol. The van der Waals surface area contributed by atoms with Crippen LogP contribution in [0.15, 0.2) is 23.3 Å². The minimum Gasteiger partial charge on any atom is -0.465 e. The van der Waals surface area contributed by atoms with Crippen LogP contribution >= 0.6 is 0 Å². The first-order chi connectivity index (χ1) is 19.1. The summed E-state index contributed by atoms with van der Waals surface area (Å²) in [7, 11) is 0. The third-order valence-electron chi connectivity index (χ3n) is 6.93. The van der Waals surface area contributed by atoms with E-state index in [1.807, 2.05) is 33.8 Å². The Balaban J connectivity index is 5.37. The summed E-state index contributed by atoms with van der Waals surface area (Å²) in [6.07, 6.45) is 7.43. The van der Waals surface area contributed by atoms with Gasteiger partial charge in [-0.1, -0.05) is 59.6 Å². The number of allylic oxidation sites excluding steroid dienone is 3. The minimum atomic E-state index is -1.38. The molecule has 0 heterocycles. The number of rotatable bonds is 17. The Hall–Kier alpha value is -2.15. The molecule has 6 atom stereocenters. The first-order valence-electron chi connectivity index (χ1n) is 15.8. The van der Waals surface area contributed by atoms with Gasteiger partial charge in [0.2, 0.25) is 0 Å². The second-order valence-electron chi connectivity index (χ2n) is 14.6. The van der Waals surface area contributed by atoms with Gasteiger partial charge in [0, 0.05) is 12.0 Å². The molecule has 7 heteroatoms. The number of esters is 3. The molecule has 1 N–H and O–H groups in total. The predicted molar refractivity (Wildman–Crippen MR) is 170 cm³/mol. The molecule has 0 aromatic heterocycles. The van der Waals surface area contributed by atoms with Gasteiger partial charge < -0.3 is 19.3 Å². The molecule has 0 rings (SSSR count). The maximum atomic E-state index is 13.1. The fourth-order valence-corrected chi connectivity index (χ4v) is 5.07. The molecule has 0 aromatic rings. The van der Waals surface area contributed by atoms with Crippen molar-refractivity contribution in [2.24, 2.45) is 29.6 Å². The number of ether oxygens (including phenoxy) is 3. The quantitative estimate of drug-likeness (QED) is 0.0788. The molecule has 0 radical (unpaired) electrons. The Kier molecular flexibility index (Phi) is 17.6. The second kappa shape index (κ2) is 18.5. The molecule has 0 saturated carbocycles. The Bertz CT molecular complexity index is 903. The third kappa shape index (κ3) is 19.1. The molecule has 0 amide bonds. The van der Waals surface area contributed by atoms with Crippen LogP contribution in [0.25, 0.3) is 0 Å². The van der Waals surface area contributed by atoms with E-state index in [4.69, 9.17) is 14.2 Å². The van der Waals surface area contributed by atoms with Crippen LogP contribution in [0.1, 0.15) is 129 Å². The predicted octanol–water partition coefficient (Wildman–Crippen LogP) is 7.99. The highest BCUT2D eigenvalue weighted by molar-refractivity contribution is 5.90. The summed E-state index contributed by atoms with van der Waals surface area (Å²) in [6.45, 7) is 25.5. The highest BCUT2D eigenvalue weighted by Crippen LogP contribution is 2.27. The summed E-state index contributed by atoms with van der Waals surface area (Å²) in [5.74, 6) is 0.0328. The number of carbonyl (C=O) groups excluding carboxylic acids is 3. The summed E-state index contributed by atoms with van der Waals surface area (Å²) < 4.78 is 16.1. The molecule has 0 aliphatic carbocycles.